The molecule has 0 aliphatic heterocycles. The highest BCUT2D eigenvalue weighted by molar-refractivity contribution is 7.97. The summed E-state index contributed by atoms with van der Waals surface area (Å²) in [5, 5.41) is 0.901. The maximum atomic E-state index is 12.6. The van der Waals surface area contributed by atoms with Gasteiger partial charge in [0.25, 0.3) is 0 Å². The molecule has 0 unspecified atom stereocenters. The molecule has 8 heteroatoms. The zero-order valence-corrected chi connectivity index (χ0v) is 16.9. The van der Waals surface area contributed by atoms with Crippen LogP contribution in [-0.2, 0) is 24.0 Å². The van der Waals surface area contributed by atoms with E-state index in [0.29, 0.717) is 17.2 Å². The minimum Gasteiger partial charge on any atom is -0.451 e. The number of carbonyl (C=O) groups is 2. The standard InChI is InChI=1S/C21H20N4O3S/c1-25-16-9-5-4-8-15(16)22-18(25)11-19(26)23-24-21(27)20-14(12-29-2)13-7-3-6-10-17(13)28-20/h3-10H,11-12H2,1-2H3,(H,23,26)(H,24,27). The molecule has 7 nitrogen and oxygen atoms in total. The van der Waals surface area contributed by atoms with Crippen LogP contribution >= 0.6 is 11.8 Å². The third-order valence-electron chi connectivity index (χ3n) is 4.71. The average Bonchev–Trinajstić information content (AvgIpc) is 3.25. The molecule has 2 amide bonds. The van der Waals surface area contributed by atoms with Crippen molar-refractivity contribution in [2.24, 2.45) is 7.05 Å². The summed E-state index contributed by atoms with van der Waals surface area (Å²) in [6.07, 6.45) is 2.01. The minimum atomic E-state index is -0.483. The van der Waals surface area contributed by atoms with Gasteiger partial charge in [-0.25, -0.2) is 4.98 Å². The van der Waals surface area contributed by atoms with E-state index in [2.05, 4.69) is 15.8 Å². The first-order chi connectivity index (χ1) is 14.1. The summed E-state index contributed by atoms with van der Waals surface area (Å²) >= 11 is 1.60. The highest BCUT2D eigenvalue weighted by Gasteiger charge is 2.21. The van der Waals surface area contributed by atoms with E-state index in [1.165, 1.54) is 0 Å². The number of carbonyl (C=O) groups excluding carboxylic acids is 2. The van der Waals surface area contributed by atoms with Gasteiger partial charge < -0.3 is 8.98 Å². The van der Waals surface area contributed by atoms with Crippen LogP contribution in [0.3, 0.4) is 0 Å². The van der Waals surface area contributed by atoms with Gasteiger partial charge in [0, 0.05) is 23.8 Å². The first-order valence-corrected chi connectivity index (χ1v) is 10.5. The van der Waals surface area contributed by atoms with Crippen molar-refractivity contribution in [3.05, 3.63) is 65.7 Å². The number of rotatable bonds is 5. The lowest BCUT2D eigenvalue weighted by molar-refractivity contribution is -0.121. The van der Waals surface area contributed by atoms with E-state index in [9.17, 15) is 9.59 Å². The lowest BCUT2D eigenvalue weighted by Crippen LogP contribution is -2.42. The molecule has 0 atom stereocenters. The molecule has 29 heavy (non-hydrogen) atoms. The summed E-state index contributed by atoms with van der Waals surface area (Å²) in [4.78, 5) is 29.4. The minimum absolute atomic E-state index is 0.0449. The SMILES string of the molecule is CSCc1c(C(=O)NNC(=O)Cc2nc3ccccc3n2C)oc2ccccc12. The van der Waals surface area contributed by atoms with Crippen molar-refractivity contribution in [1.82, 2.24) is 20.4 Å². The normalized spacial score (nSPS) is 11.1. The van der Waals surface area contributed by atoms with E-state index in [4.69, 9.17) is 4.42 Å². The van der Waals surface area contributed by atoms with Gasteiger partial charge in [0.05, 0.1) is 17.5 Å². The van der Waals surface area contributed by atoms with Crippen molar-refractivity contribution in [1.29, 1.82) is 0 Å². The second-order valence-electron chi connectivity index (χ2n) is 6.59. The van der Waals surface area contributed by atoms with E-state index in [1.54, 1.807) is 11.8 Å². The monoisotopic (exact) mass is 408 g/mol. The third-order valence-corrected chi connectivity index (χ3v) is 5.28. The number of benzene rings is 2. The molecule has 0 fully saturated rings. The molecule has 4 aromatic rings. The number of hydrogen-bond acceptors (Lipinski definition) is 5. The molecule has 148 valence electrons. The number of fused-ring (bicyclic) bond motifs is 2. The number of furan rings is 1. The van der Waals surface area contributed by atoms with E-state index < -0.39 is 5.91 Å². The number of amides is 2. The zero-order chi connectivity index (χ0) is 20.4. The molecule has 0 aliphatic carbocycles. The highest BCUT2D eigenvalue weighted by Crippen LogP contribution is 2.28. The molecule has 0 saturated carbocycles. The third kappa shape index (κ3) is 3.71. The van der Waals surface area contributed by atoms with Gasteiger partial charge in [0.1, 0.15) is 11.4 Å². The van der Waals surface area contributed by atoms with E-state index in [1.807, 2.05) is 66.4 Å². The van der Waals surface area contributed by atoms with Crippen LogP contribution in [0.2, 0.25) is 0 Å². The maximum Gasteiger partial charge on any atom is 0.305 e. The Hall–Kier alpha value is -3.26. The summed E-state index contributed by atoms with van der Waals surface area (Å²) in [6, 6.07) is 15.2. The average molecular weight is 408 g/mol. The molecule has 2 aromatic carbocycles. The molecule has 0 saturated heterocycles. The van der Waals surface area contributed by atoms with Gasteiger partial charge >= 0.3 is 5.91 Å². The Bertz CT molecular complexity index is 1210. The molecule has 0 radical (unpaired) electrons. The fourth-order valence-electron chi connectivity index (χ4n) is 3.29. The molecular formula is C21H20N4O3S. The predicted octanol–water partition coefficient (Wildman–Crippen LogP) is 3.19. The van der Waals surface area contributed by atoms with E-state index in [-0.39, 0.29) is 18.1 Å². The van der Waals surface area contributed by atoms with E-state index in [0.717, 1.165) is 22.0 Å². The molecule has 2 heterocycles. The van der Waals surface area contributed by atoms with Gasteiger partial charge in [-0.1, -0.05) is 30.3 Å². The number of aryl methyl sites for hydroxylation is 1. The van der Waals surface area contributed by atoms with Crippen LogP contribution in [0.5, 0.6) is 0 Å². The number of para-hydroxylation sites is 3. The Balaban J connectivity index is 1.46. The largest absolute Gasteiger partial charge is 0.451 e. The maximum absolute atomic E-state index is 12.6. The smallest absolute Gasteiger partial charge is 0.305 e. The van der Waals surface area contributed by atoms with Gasteiger partial charge in [-0.15, -0.1) is 0 Å². The second kappa shape index (κ2) is 8.00. The summed E-state index contributed by atoms with van der Waals surface area (Å²) in [6.45, 7) is 0. The molecule has 0 aliphatic rings. The molecule has 2 N–H and O–H groups in total. The zero-order valence-electron chi connectivity index (χ0n) is 16.1. The number of hydrazine groups is 1. The molecule has 0 spiro atoms. The van der Waals surface area contributed by atoms with E-state index >= 15 is 0 Å². The van der Waals surface area contributed by atoms with Crippen LogP contribution in [0, 0.1) is 0 Å². The lowest BCUT2D eigenvalue weighted by Gasteiger charge is -2.07. The van der Waals surface area contributed by atoms with Gasteiger partial charge in [-0.05, 0) is 24.5 Å². The molecule has 0 bridgehead atoms. The molecule has 4 rings (SSSR count). The molecule has 2 aromatic heterocycles. The van der Waals surface area contributed by atoms with Crippen molar-refractivity contribution in [3.63, 3.8) is 0 Å². The Morgan fingerprint density at radius 1 is 1.10 bits per heavy atom. The van der Waals surface area contributed by atoms with Crippen LogP contribution in [0.1, 0.15) is 21.9 Å². The summed E-state index contributed by atoms with van der Waals surface area (Å²) < 4.78 is 7.60. The quantitative estimate of drug-likeness (QED) is 0.495. The van der Waals surface area contributed by atoms with Gasteiger partial charge in [0.2, 0.25) is 5.91 Å². The van der Waals surface area contributed by atoms with Gasteiger partial charge in [-0.3, -0.25) is 20.4 Å². The Kier molecular flexibility index (Phi) is 5.26. The Labute approximate surface area is 171 Å². The second-order valence-corrected chi connectivity index (χ2v) is 7.46. The number of thioether (sulfide) groups is 1. The van der Waals surface area contributed by atoms with Crippen molar-refractivity contribution < 1.29 is 14.0 Å². The predicted molar refractivity (Wildman–Crippen MR) is 113 cm³/mol. The van der Waals surface area contributed by atoms with Crippen LogP contribution in [0.4, 0.5) is 0 Å². The van der Waals surface area contributed by atoms with Crippen molar-refractivity contribution >= 4 is 45.6 Å². The van der Waals surface area contributed by atoms with Gasteiger partial charge in [0.15, 0.2) is 5.76 Å². The topological polar surface area (TPSA) is 89.2 Å². The van der Waals surface area contributed by atoms with Crippen LogP contribution in [-0.4, -0.2) is 27.6 Å². The summed E-state index contributed by atoms with van der Waals surface area (Å²) in [5.74, 6) is 0.615. The van der Waals surface area contributed by atoms with Crippen molar-refractivity contribution in [2.75, 3.05) is 6.26 Å². The highest BCUT2D eigenvalue weighted by atomic mass is 32.2. The lowest BCUT2D eigenvalue weighted by atomic mass is 10.1. The molecular weight excluding hydrogens is 388 g/mol. The van der Waals surface area contributed by atoms with Crippen LogP contribution < -0.4 is 10.9 Å². The van der Waals surface area contributed by atoms with Crippen LogP contribution in [0.25, 0.3) is 22.0 Å². The number of nitrogens with zero attached hydrogens (tertiary/aromatic N) is 2. The fraction of sp³-hybridized carbons (Fsp3) is 0.190. The first kappa shape index (κ1) is 19.1. The number of nitrogens with one attached hydrogen (secondary N) is 2. The van der Waals surface area contributed by atoms with Crippen molar-refractivity contribution in [3.8, 4) is 0 Å². The fourth-order valence-corrected chi connectivity index (χ4v) is 3.87. The number of imidazole rings is 1. The Morgan fingerprint density at radius 2 is 1.86 bits per heavy atom. The summed E-state index contributed by atoms with van der Waals surface area (Å²) in [7, 11) is 1.86. The first-order valence-electron chi connectivity index (χ1n) is 9.07. The van der Waals surface area contributed by atoms with Crippen molar-refractivity contribution in [2.45, 2.75) is 12.2 Å². The number of aromatic nitrogens is 2. The van der Waals surface area contributed by atoms with Gasteiger partial charge in [-0.2, -0.15) is 11.8 Å². The van der Waals surface area contributed by atoms with Crippen LogP contribution in [0.15, 0.2) is 52.9 Å². The number of hydrogen-bond donors (Lipinski definition) is 2. The summed E-state index contributed by atoms with van der Waals surface area (Å²) in [5.41, 5.74) is 8.14. The Morgan fingerprint density at radius 3 is 2.66 bits per heavy atom.